The fourth-order valence-electron chi connectivity index (χ4n) is 3.47. The van der Waals surface area contributed by atoms with Gasteiger partial charge in [0.05, 0.1) is 0 Å². The van der Waals surface area contributed by atoms with E-state index in [1.165, 1.54) is 17.7 Å². The molecule has 32 heavy (non-hydrogen) atoms. The van der Waals surface area contributed by atoms with Gasteiger partial charge in [0.1, 0.15) is 11.9 Å². The predicted octanol–water partition coefficient (Wildman–Crippen LogP) is 5.39. The Balaban J connectivity index is 2.09. The number of nitrogens with one attached hydrogen (secondary N) is 1. The van der Waals surface area contributed by atoms with Crippen molar-refractivity contribution < 1.29 is 14.0 Å². The normalized spacial score (nSPS) is 12.3. The van der Waals surface area contributed by atoms with Crippen molar-refractivity contribution in [1.82, 2.24) is 10.2 Å². The van der Waals surface area contributed by atoms with Crippen LogP contribution >= 0.6 is 0 Å². The molecule has 1 N–H and O–H groups in total. The number of carbonyl (C=O) groups is 2. The molecule has 1 atom stereocenters. The van der Waals surface area contributed by atoms with E-state index in [0.29, 0.717) is 19.4 Å². The molecule has 2 rings (SSSR count). The number of benzene rings is 2. The number of hydrogen-bond acceptors (Lipinski definition) is 2. The number of carbonyl (C=O) groups excluding carboxylic acids is 2. The molecule has 0 heterocycles. The second kappa shape index (κ2) is 11.8. The number of aryl methyl sites for hydroxylation is 1. The maximum absolute atomic E-state index is 13.3. The third-order valence-electron chi connectivity index (χ3n) is 5.71. The fourth-order valence-corrected chi connectivity index (χ4v) is 3.47. The molecule has 0 saturated carbocycles. The first-order valence-electron chi connectivity index (χ1n) is 11.5. The molecule has 174 valence electrons. The number of hydrogen-bond donors (Lipinski definition) is 1. The molecule has 4 nitrogen and oxygen atoms in total. The van der Waals surface area contributed by atoms with E-state index in [9.17, 15) is 14.0 Å². The van der Waals surface area contributed by atoms with Crippen molar-refractivity contribution in [2.75, 3.05) is 6.54 Å². The summed E-state index contributed by atoms with van der Waals surface area (Å²) in [6, 6.07) is 13.8. The summed E-state index contributed by atoms with van der Waals surface area (Å²) in [5.74, 6) is -0.577. The smallest absolute Gasteiger partial charge is 0.242 e. The molecule has 0 fully saturated rings. The second-order valence-corrected chi connectivity index (χ2v) is 9.42. The lowest BCUT2D eigenvalue weighted by molar-refractivity contribution is -0.140. The highest BCUT2D eigenvalue weighted by Gasteiger charge is 2.25. The SMILES string of the molecule is CCCCNC(=O)[C@@H](C)N(Cc1ccc(F)cc1)C(=O)CCc1ccc(C(C)(C)C)cc1. The van der Waals surface area contributed by atoms with Crippen molar-refractivity contribution in [2.45, 2.75) is 78.3 Å². The lowest BCUT2D eigenvalue weighted by Crippen LogP contribution is -2.47. The van der Waals surface area contributed by atoms with Gasteiger partial charge in [-0.1, -0.05) is 70.5 Å². The van der Waals surface area contributed by atoms with Gasteiger partial charge in [-0.05, 0) is 54.0 Å². The minimum absolute atomic E-state index is 0.0842. The van der Waals surface area contributed by atoms with Gasteiger partial charge >= 0.3 is 0 Å². The monoisotopic (exact) mass is 440 g/mol. The minimum atomic E-state index is -0.604. The van der Waals surface area contributed by atoms with E-state index >= 15 is 0 Å². The quantitative estimate of drug-likeness (QED) is 0.504. The van der Waals surface area contributed by atoms with E-state index in [0.717, 1.165) is 24.0 Å². The van der Waals surface area contributed by atoms with Gasteiger partial charge in [-0.2, -0.15) is 0 Å². The number of rotatable bonds is 10. The molecule has 5 heteroatoms. The predicted molar refractivity (Wildman–Crippen MR) is 128 cm³/mol. The zero-order valence-corrected chi connectivity index (χ0v) is 20.1. The lowest BCUT2D eigenvalue weighted by atomic mass is 9.86. The highest BCUT2D eigenvalue weighted by Crippen LogP contribution is 2.22. The van der Waals surface area contributed by atoms with Gasteiger partial charge in [-0.25, -0.2) is 4.39 Å². The summed E-state index contributed by atoms with van der Waals surface area (Å²) in [6.45, 7) is 11.2. The highest BCUT2D eigenvalue weighted by atomic mass is 19.1. The van der Waals surface area contributed by atoms with E-state index < -0.39 is 6.04 Å². The van der Waals surface area contributed by atoms with Gasteiger partial charge in [0.2, 0.25) is 11.8 Å². The van der Waals surface area contributed by atoms with Gasteiger partial charge in [0.25, 0.3) is 0 Å². The van der Waals surface area contributed by atoms with Crippen LogP contribution in [0.25, 0.3) is 0 Å². The maximum Gasteiger partial charge on any atom is 0.242 e. The fraction of sp³-hybridized carbons (Fsp3) is 0.481. The zero-order valence-electron chi connectivity index (χ0n) is 20.1. The van der Waals surface area contributed by atoms with Crippen LogP contribution in [0.3, 0.4) is 0 Å². The van der Waals surface area contributed by atoms with Crippen molar-refractivity contribution in [1.29, 1.82) is 0 Å². The molecule has 0 aliphatic carbocycles. The van der Waals surface area contributed by atoms with Crippen molar-refractivity contribution in [3.05, 3.63) is 71.0 Å². The summed E-state index contributed by atoms with van der Waals surface area (Å²) in [4.78, 5) is 27.4. The number of unbranched alkanes of at least 4 members (excludes halogenated alkanes) is 1. The molecule has 0 saturated heterocycles. The standard InChI is InChI=1S/C27H37FN2O2/c1-6-7-18-29-26(32)20(2)30(19-22-10-15-24(28)16-11-22)25(31)17-12-21-8-13-23(14-9-21)27(3,4)5/h8-11,13-16,20H,6-7,12,17-19H2,1-5H3,(H,29,32)/t20-/m1/s1. The van der Waals surface area contributed by atoms with Crippen LogP contribution in [0.2, 0.25) is 0 Å². The molecule has 0 spiro atoms. The molecule has 0 aliphatic rings. The first kappa shape index (κ1) is 25.6. The summed E-state index contributed by atoms with van der Waals surface area (Å²) in [5, 5.41) is 2.91. The summed E-state index contributed by atoms with van der Waals surface area (Å²) in [5.41, 5.74) is 3.22. The largest absolute Gasteiger partial charge is 0.354 e. The third-order valence-corrected chi connectivity index (χ3v) is 5.71. The van der Waals surface area contributed by atoms with Gasteiger partial charge in [0, 0.05) is 19.5 Å². The molecule has 0 unspecified atom stereocenters. The Bertz CT molecular complexity index is 870. The third kappa shape index (κ3) is 7.77. The maximum atomic E-state index is 13.3. The lowest BCUT2D eigenvalue weighted by Gasteiger charge is -2.29. The van der Waals surface area contributed by atoms with Gasteiger partial charge in [0.15, 0.2) is 0 Å². The van der Waals surface area contributed by atoms with Crippen LogP contribution in [-0.4, -0.2) is 29.3 Å². The van der Waals surface area contributed by atoms with Crippen molar-refractivity contribution in [3.8, 4) is 0 Å². The molecule has 2 aromatic carbocycles. The molecule has 0 aliphatic heterocycles. The van der Waals surface area contributed by atoms with E-state index in [-0.39, 0.29) is 29.6 Å². The minimum Gasteiger partial charge on any atom is -0.354 e. The van der Waals surface area contributed by atoms with Gasteiger partial charge in [-0.15, -0.1) is 0 Å². The Morgan fingerprint density at radius 2 is 1.59 bits per heavy atom. The van der Waals surface area contributed by atoms with Crippen LogP contribution in [0, 0.1) is 5.82 Å². The van der Waals surface area contributed by atoms with E-state index in [2.05, 4.69) is 57.3 Å². The molecule has 0 bridgehead atoms. The van der Waals surface area contributed by atoms with Crippen LogP contribution in [0.5, 0.6) is 0 Å². The van der Waals surface area contributed by atoms with E-state index in [4.69, 9.17) is 0 Å². The Morgan fingerprint density at radius 3 is 2.16 bits per heavy atom. The topological polar surface area (TPSA) is 49.4 Å². The highest BCUT2D eigenvalue weighted by molar-refractivity contribution is 5.87. The van der Waals surface area contributed by atoms with Crippen LogP contribution in [0.1, 0.15) is 70.6 Å². The zero-order chi connectivity index (χ0) is 23.7. The summed E-state index contributed by atoms with van der Waals surface area (Å²) >= 11 is 0. The van der Waals surface area contributed by atoms with E-state index in [1.807, 2.05) is 0 Å². The van der Waals surface area contributed by atoms with Crippen molar-refractivity contribution in [2.24, 2.45) is 0 Å². The molecular formula is C27H37FN2O2. The van der Waals surface area contributed by atoms with Gasteiger partial charge in [-0.3, -0.25) is 9.59 Å². The summed E-state index contributed by atoms with van der Waals surface area (Å²) in [7, 11) is 0. The Morgan fingerprint density at radius 1 is 1.00 bits per heavy atom. The Labute approximate surface area is 192 Å². The van der Waals surface area contributed by atoms with Crippen LogP contribution in [-0.2, 0) is 28.0 Å². The first-order valence-corrected chi connectivity index (χ1v) is 11.5. The average molecular weight is 441 g/mol. The van der Waals surface area contributed by atoms with Gasteiger partial charge < -0.3 is 10.2 Å². The number of nitrogens with zero attached hydrogens (tertiary/aromatic N) is 1. The van der Waals surface area contributed by atoms with Crippen LogP contribution in [0.15, 0.2) is 48.5 Å². The number of amides is 2. The Kier molecular flexibility index (Phi) is 9.42. The molecule has 0 radical (unpaired) electrons. The molecular weight excluding hydrogens is 403 g/mol. The van der Waals surface area contributed by atoms with Crippen molar-refractivity contribution >= 4 is 11.8 Å². The Hall–Kier alpha value is -2.69. The average Bonchev–Trinajstić information content (AvgIpc) is 2.76. The number of halogens is 1. The summed E-state index contributed by atoms with van der Waals surface area (Å²) in [6.07, 6.45) is 2.80. The molecule has 2 aromatic rings. The molecule has 2 amide bonds. The second-order valence-electron chi connectivity index (χ2n) is 9.42. The van der Waals surface area contributed by atoms with Crippen molar-refractivity contribution in [3.63, 3.8) is 0 Å². The molecule has 0 aromatic heterocycles. The van der Waals surface area contributed by atoms with E-state index in [1.54, 1.807) is 24.0 Å². The summed E-state index contributed by atoms with van der Waals surface area (Å²) < 4.78 is 13.3. The first-order chi connectivity index (χ1) is 15.1. The van der Waals surface area contributed by atoms with Crippen LogP contribution in [0.4, 0.5) is 4.39 Å². The van der Waals surface area contributed by atoms with Crippen LogP contribution < -0.4 is 5.32 Å².